The molecule has 1 aliphatic carbocycles. The minimum atomic E-state index is 0. The molecule has 0 spiro atoms. The lowest BCUT2D eigenvalue weighted by Gasteiger charge is -2.15. The maximum atomic E-state index is 4.63. The maximum absolute atomic E-state index is 4.63. The second kappa shape index (κ2) is 11.8. The molecule has 23 heavy (non-hydrogen) atoms. The van der Waals surface area contributed by atoms with Crippen LogP contribution in [0, 0.1) is 0 Å². The molecule has 0 radical (unpaired) electrons. The molecule has 0 atom stereocenters. The van der Waals surface area contributed by atoms with Gasteiger partial charge < -0.3 is 10.6 Å². The Morgan fingerprint density at radius 3 is 2.83 bits per heavy atom. The topological polar surface area (TPSA) is 49.3 Å². The Labute approximate surface area is 161 Å². The van der Waals surface area contributed by atoms with Crippen molar-refractivity contribution in [2.45, 2.75) is 58.9 Å². The monoisotopic (exact) mass is 448 g/mol. The summed E-state index contributed by atoms with van der Waals surface area (Å²) in [5.41, 5.74) is 2.66. The zero-order chi connectivity index (χ0) is 15.6. The Morgan fingerprint density at radius 1 is 1.30 bits per heavy atom. The molecule has 1 aromatic heterocycles. The van der Waals surface area contributed by atoms with Gasteiger partial charge in [0.25, 0.3) is 0 Å². The van der Waals surface area contributed by atoms with Crippen molar-refractivity contribution in [3.05, 3.63) is 27.7 Å². The van der Waals surface area contributed by atoms with Crippen LogP contribution in [-0.2, 0) is 13.0 Å². The van der Waals surface area contributed by atoms with Crippen molar-refractivity contribution in [2.75, 3.05) is 13.1 Å². The Bertz CT molecular complexity index is 510. The lowest BCUT2D eigenvalue weighted by atomic mass is 9.97. The zero-order valence-electron chi connectivity index (χ0n) is 14.2. The van der Waals surface area contributed by atoms with E-state index in [4.69, 9.17) is 0 Å². The summed E-state index contributed by atoms with van der Waals surface area (Å²) in [6.45, 7) is 6.71. The fourth-order valence-electron chi connectivity index (χ4n) is 2.56. The summed E-state index contributed by atoms with van der Waals surface area (Å²) >= 11 is 1.72. The van der Waals surface area contributed by atoms with Gasteiger partial charge in [-0.25, -0.2) is 9.98 Å². The van der Waals surface area contributed by atoms with E-state index in [1.54, 1.807) is 16.9 Å². The van der Waals surface area contributed by atoms with Crippen LogP contribution < -0.4 is 10.6 Å². The van der Waals surface area contributed by atoms with Gasteiger partial charge in [0.1, 0.15) is 0 Å². The van der Waals surface area contributed by atoms with Gasteiger partial charge in [-0.1, -0.05) is 18.6 Å². The number of hydrogen-bond donors (Lipinski definition) is 2. The second-order valence-corrected chi connectivity index (χ2v) is 6.51. The highest BCUT2D eigenvalue weighted by Gasteiger charge is 2.04. The minimum absolute atomic E-state index is 0. The van der Waals surface area contributed by atoms with Crippen LogP contribution in [0.5, 0.6) is 0 Å². The molecule has 1 aliphatic rings. The van der Waals surface area contributed by atoms with E-state index in [0.29, 0.717) is 6.54 Å². The van der Waals surface area contributed by atoms with Gasteiger partial charge in [0.05, 0.1) is 17.2 Å². The lowest BCUT2D eigenvalue weighted by molar-refractivity contribution is 0.665. The Morgan fingerprint density at radius 2 is 2.17 bits per heavy atom. The largest absolute Gasteiger partial charge is 0.357 e. The molecule has 6 heteroatoms. The summed E-state index contributed by atoms with van der Waals surface area (Å²) in [5.74, 6) is 0.893. The first kappa shape index (κ1) is 20.4. The highest BCUT2D eigenvalue weighted by molar-refractivity contribution is 14.0. The van der Waals surface area contributed by atoms with Crippen LogP contribution in [0.25, 0.3) is 0 Å². The van der Waals surface area contributed by atoms with Crippen LogP contribution in [0.2, 0.25) is 0 Å². The van der Waals surface area contributed by atoms with E-state index in [2.05, 4.69) is 45.9 Å². The SMILES string of the molecule is CCNC(=NCc1csc(CC)n1)NCCC1=CCCCC1.I. The molecule has 0 aliphatic heterocycles. The Kier molecular flexibility index (Phi) is 10.5. The smallest absolute Gasteiger partial charge is 0.191 e. The van der Waals surface area contributed by atoms with E-state index >= 15 is 0 Å². The number of guanidine groups is 1. The maximum Gasteiger partial charge on any atom is 0.191 e. The number of nitrogens with zero attached hydrogens (tertiary/aromatic N) is 2. The third-order valence-corrected chi connectivity index (χ3v) is 4.81. The Hall–Kier alpha value is -0.630. The number of rotatable bonds is 7. The van der Waals surface area contributed by atoms with Crippen molar-refractivity contribution >= 4 is 41.3 Å². The van der Waals surface area contributed by atoms with Crippen LogP contribution in [0.4, 0.5) is 0 Å². The number of aromatic nitrogens is 1. The standard InChI is InChI=1S/C17H28N4S.HI/c1-3-16-21-15(13-22-16)12-20-17(18-4-2)19-11-10-14-8-6-5-7-9-14;/h8,13H,3-7,9-12H2,1-2H3,(H2,18,19,20);1H. The molecule has 1 aromatic rings. The lowest BCUT2D eigenvalue weighted by Crippen LogP contribution is -2.37. The van der Waals surface area contributed by atoms with Crippen LogP contribution in [0.15, 0.2) is 22.0 Å². The van der Waals surface area contributed by atoms with Gasteiger partial charge in [0.15, 0.2) is 5.96 Å². The van der Waals surface area contributed by atoms with Gasteiger partial charge in [-0.2, -0.15) is 0 Å². The summed E-state index contributed by atoms with van der Waals surface area (Å²) in [6, 6.07) is 0. The van der Waals surface area contributed by atoms with Crippen LogP contribution in [-0.4, -0.2) is 24.0 Å². The molecule has 0 fully saturated rings. The fraction of sp³-hybridized carbons (Fsp3) is 0.647. The van der Waals surface area contributed by atoms with Gasteiger partial charge in [0.2, 0.25) is 0 Å². The molecular formula is C17H29IN4S. The van der Waals surface area contributed by atoms with Crippen LogP contribution in [0.3, 0.4) is 0 Å². The van der Waals surface area contributed by atoms with Gasteiger partial charge in [0, 0.05) is 18.5 Å². The molecule has 0 saturated carbocycles. The van der Waals surface area contributed by atoms with E-state index in [1.165, 1.54) is 30.7 Å². The molecule has 130 valence electrons. The van der Waals surface area contributed by atoms with Crippen LogP contribution in [0.1, 0.15) is 56.7 Å². The van der Waals surface area contributed by atoms with E-state index in [9.17, 15) is 0 Å². The van der Waals surface area contributed by atoms with Gasteiger partial charge >= 0.3 is 0 Å². The highest BCUT2D eigenvalue weighted by atomic mass is 127. The highest BCUT2D eigenvalue weighted by Crippen LogP contribution is 2.19. The molecule has 0 saturated heterocycles. The van der Waals surface area contributed by atoms with Crippen LogP contribution >= 0.6 is 35.3 Å². The molecule has 2 N–H and O–H groups in total. The zero-order valence-corrected chi connectivity index (χ0v) is 17.4. The van der Waals surface area contributed by atoms with Crippen molar-refractivity contribution < 1.29 is 0 Å². The van der Waals surface area contributed by atoms with Gasteiger partial charge in [-0.05, 0) is 45.4 Å². The quantitative estimate of drug-likeness (QED) is 0.284. The predicted molar refractivity (Wildman–Crippen MR) is 111 cm³/mol. The number of nitrogens with one attached hydrogen (secondary N) is 2. The normalized spacial score (nSPS) is 14.9. The van der Waals surface area contributed by atoms with Crippen molar-refractivity contribution in [2.24, 2.45) is 4.99 Å². The Balaban J connectivity index is 0.00000264. The van der Waals surface area contributed by atoms with Crippen molar-refractivity contribution in [3.63, 3.8) is 0 Å². The van der Waals surface area contributed by atoms with E-state index in [-0.39, 0.29) is 24.0 Å². The molecule has 0 bridgehead atoms. The molecule has 1 heterocycles. The summed E-state index contributed by atoms with van der Waals surface area (Å²) in [6.07, 6.45) is 9.78. The second-order valence-electron chi connectivity index (χ2n) is 5.57. The van der Waals surface area contributed by atoms with Crippen molar-refractivity contribution in [1.29, 1.82) is 0 Å². The summed E-state index contributed by atoms with van der Waals surface area (Å²) in [5, 5.41) is 10.0. The molecular weight excluding hydrogens is 419 g/mol. The average molecular weight is 448 g/mol. The molecule has 2 rings (SSSR count). The molecule has 4 nitrogen and oxygen atoms in total. The molecule has 0 aromatic carbocycles. The van der Waals surface area contributed by atoms with Crippen molar-refractivity contribution in [1.82, 2.24) is 15.6 Å². The first-order chi connectivity index (χ1) is 10.8. The van der Waals surface area contributed by atoms with Gasteiger partial charge in [-0.3, -0.25) is 0 Å². The van der Waals surface area contributed by atoms with E-state index in [0.717, 1.165) is 37.6 Å². The third-order valence-electron chi connectivity index (χ3n) is 3.77. The number of halogens is 1. The number of hydrogen-bond acceptors (Lipinski definition) is 3. The van der Waals surface area contributed by atoms with E-state index < -0.39 is 0 Å². The van der Waals surface area contributed by atoms with Crippen molar-refractivity contribution in [3.8, 4) is 0 Å². The minimum Gasteiger partial charge on any atom is -0.357 e. The molecule has 0 unspecified atom stereocenters. The number of allylic oxidation sites excluding steroid dienone is 1. The number of aliphatic imine (C=N–C) groups is 1. The summed E-state index contributed by atoms with van der Waals surface area (Å²) in [4.78, 5) is 9.19. The predicted octanol–water partition coefficient (Wildman–Crippen LogP) is 4.27. The average Bonchev–Trinajstić information content (AvgIpc) is 3.02. The first-order valence-corrected chi connectivity index (χ1v) is 9.33. The summed E-state index contributed by atoms with van der Waals surface area (Å²) < 4.78 is 0. The third kappa shape index (κ3) is 7.65. The first-order valence-electron chi connectivity index (χ1n) is 8.45. The molecule has 0 amide bonds. The van der Waals surface area contributed by atoms with E-state index in [1.807, 2.05) is 0 Å². The van der Waals surface area contributed by atoms with Gasteiger partial charge in [-0.15, -0.1) is 35.3 Å². The number of thiazole rings is 1. The number of aryl methyl sites for hydroxylation is 1. The summed E-state index contributed by atoms with van der Waals surface area (Å²) in [7, 11) is 0. The fourth-order valence-corrected chi connectivity index (χ4v) is 3.29.